The van der Waals surface area contributed by atoms with Crippen LogP contribution >= 0.6 is 22.7 Å². The number of ether oxygens (including phenoxy) is 1. The minimum absolute atomic E-state index is 0. The zero-order valence-electron chi connectivity index (χ0n) is 23.3. The van der Waals surface area contributed by atoms with Crippen molar-refractivity contribution in [3.8, 4) is 32.9 Å². The van der Waals surface area contributed by atoms with Crippen LogP contribution in [0.2, 0.25) is 0 Å². The van der Waals surface area contributed by atoms with E-state index in [2.05, 4.69) is 103 Å². The van der Waals surface area contributed by atoms with Crippen LogP contribution in [-0.4, -0.2) is 19.1 Å². The van der Waals surface area contributed by atoms with E-state index in [4.69, 9.17) is 9.72 Å². The van der Waals surface area contributed by atoms with Crippen molar-refractivity contribution >= 4 is 44.5 Å². The predicted octanol–water partition coefficient (Wildman–Crippen LogP) is 9.11. The number of thiazole rings is 1. The average molecular weight is 765 g/mol. The van der Waals surface area contributed by atoms with Crippen LogP contribution in [0.5, 0.6) is 11.5 Å². The van der Waals surface area contributed by atoms with Gasteiger partial charge in [-0.15, -0.1) is 40.6 Å². The summed E-state index contributed by atoms with van der Waals surface area (Å²) in [7, 11) is 0. The normalized spacial score (nSPS) is 13.5. The molecule has 0 amide bonds. The van der Waals surface area contributed by atoms with Gasteiger partial charge in [-0.3, -0.25) is 0 Å². The Morgan fingerprint density at radius 1 is 0.905 bits per heavy atom. The van der Waals surface area contributed by atoms with Crippen LogP contribution in [0.1, 0.15) is 50.6 Å². The van der Waals surface area contributed by atoms with E-state index in [-0.39, 0.29) is 26.5 Å². The maximum absolute atomic E-state index is 6.39. The Bertz CT molecular complexity index is 2110. The van der Waals surface area contributed by atoms with E-state index in [0.29, 0.717) is 17.4 Å². The van der Waals surface area contributed by atoms with E-state index in [9.17, 15) is 0 Å². The smallest absolute Gasteiger partial charge is 0.192 e. The van der Waals surface area contributed by atoms with E-state index in [1.54, 1.807) is 22.7 Å². The monoisotopic (exact) mass is 764 g/mol. The maximum Gasteiger partial charge on any atom is 0.192 e. The van der Waals surface area contributed by atoms with Crippen LogP contribution < -0.4 is 4.74 Å². The van der Waals surface area contributed by atoms with Crippen molar-refractivity contribution in [3.63, 3.8) is 0 Å². The molecule has 4 aromatic heterocycles. The minimum atomic E-state index is -0.167. The van der Waals surface area contributed by atoms with Gasteiger partial charge in [-0.2, -0.15) is 35.6 Å². The van der Waals surface area contributed by atoms with Gasteiger partial charge >= 0.3 is 0 Å². The summed E-state index contributed by atoms with van der Waals surface area (Å²) in [6.07, 6.45) is 3.21. The zero-order chi connectivity index (χ0) is 27.9. The van der Waals surface area contributed by atoms with Gasteiger partial charge in [0, 0.05) is 54.7 Å². The number of hydrogen-bond acceptors (Lipinski definition) is 5. The molecular formula is C34H25N4OPtS2-3. The van der Waals surface area contributed by atoms with E-state index in [1.807, 2.05) is 28.8 Å². The molecule has 0 spiro atoms. The summed E-state index contributed by atoms with van der Waals surface area (Å²) in [4.78, 5) is 10.9. The number of para-hydroxylation sites is 1. The molecule has 212 valence electrons. The molecule has 0 saturated heterocycles. The van der Waals surface area contributed by atoms with Gasteiger partial charge < -0.3 is 18.9 Å². The first kappa shape index (κ1) is 27.3. The van der Waals surface area contributed by atoms with Gasteiger partial charge in [0.05, 0.1) is 5.69 Å². The van der Waals surface area contributed by atoms with Crippen LogP contribution in [0.25, 0.3) is 43.2 Å². The Morgan fingerprint density at radius 2 is 1.74 bits per heavy atom. The summed E-state index contributed by atoms with van der Waals surface area (Å²) in [5.41, 5.74) is 7.28. The molecule has 42 heavy (non-hydrogen) atoms. The molecule has 0 radical (unpaired) electrons. The van der Waals surface area contributed by atoms with Gasteiger partial charge in [-0.1, -0.05) is 57.1 Å². The van der Waals surface area contributed by atoms with Crippen LogP contribution in [0, 0.1) is 18.5 Å². The molecule has 1 aliphatic carbocycles. The van der Waals surface area contributed by atoms with Gasteiger partial charge in [-0.05, 0) is 45.5 Å². The fourth-order valence-corrected chi connectivity index (χ4v) is 7.90. The van der Waals surface area contributed by atoms with Gasteiger partial charge in [-0.25, -0.2) is 4.98 Å². The Labute approximate surface area is 266 Å². The fourth-order valence-electron chi connectivity index (χ4n) is 5.85. The predicted molar refractivity (Wildman–Crippen MR) is 166 cm³/mol. The number of nitrogens with zero attached hydrogens (tertiary/aromatic N) is 4. The number of thiophene rings is 1. The Morgan fingerprint density at radius 3 is 2.57 bits per heavy atom. The summed E-state index contributed by atoms with van der Waals surface area (Å²) in [5.74, 6) is 1.60. The molecule has 4 heterocycles. The molecule has 0 unspecified atom stereocenters. The Balaban J connectivity index is 0.00000288. The first-order valence-corrected chi connectivity index (χ1v) is 15.4. The summed E-state index contributed by atoms with van der Waals surface area (Å²) >= 11 is 3.39. The maximum atomic E-state index is 6.39. The van der Waals surface area contributed by atoms with E-state index in [1.165, 1.54) is 15.8 Å². The third-order valence-corrected chi connectivity index (χ3v) is 9.68. The Hall–Kier alpha value is -3.51. The molecule has 5 nitrogen and oxygen atoms in total. The quantitative estimate of drug-likeness (QED) is 0.164. The van der Waals surface area contributed by atoms with Crippen molar-refractivity contribution in [1.82, 2.24) is 19.1 Å². The zero-order valence-corrected chi connectivity index (χ0v) is 27.2. The van der Waals surface area contributed by atoms with Crippen molar-refractivity contribution < 1.29 is 25.8 Å². The molecule has 0 aliphatic heterocycles. The number of aromatic nitrogens is 4. The summed E-state index contributed by atoms with van der Waals surface area (Å²) < 4.78 is 10.6. The van der Waals surface area contributed by atoms with Crippen molar-refractivity contribution in [2.75, 3.05) is 0 Å². The van der Waals surface area contributed by atoms with E-state index >= 15 is 0 Å². The fraction of sp³-hybridized carbons (Fsp3) is 0.176. The molecule has 8 rings (SSSR count). The van der Waals surface area contributed by atoms with Crippen molar-refractivity contribution in [1.29, 1.82) is 0 Å². The Kier molecular flexibility index (Phi) is 6.54. The molecule has 8 heteroatoms. The molecule has 3 aromatic carbocycles. The number of fused-ring (bicyclic) bond motifs is 6. The molecular weight excluding hydrogens is 740 g/mol. The number of benzene rings is 3. The molecule has 0 fully saturated rings. The molecule has 0 N–H and O–H groups in total. The van der Waals surface area contributed by atoms with Crippen molar-refractivity contribution in [2.24, 2.45) is 0 Å². The largest absolute Gasteiger partial charge is 0.510 e. The van der Waals surface area contributed by atoms with Crippen molar-refractivity contribution in [3.05, 3.63) is 107 Å². The SMILES string of the molecule is CC(C)c1csc(-n2c3[c-]c(Oc4[c-]c(-n5[c-]nc6c5C(C)(C)c5ccsc5-6)ccc4)ccc3c3ccccc32)n1.[Pt]. The number of rotatable bonds is 5. The standard InChI is InChI=1S/C34H25N4OS2.Pt/c1-20(2)27-18-41-33(36-27)38-28-11-6-5-10-24(28)25-13-12-23(17-29(25)38)39-22-9-7-8-21(16-22)37-19-35-30-31-26(14-15-40-31)34(3,4)32(30)37;/h5-15,18,20H,1-4H3;/q-3;. The van der Waals surface area contributed by atoms with E-state index in [0.717, 1.165) is 44.3 Å². The second kappa shape index (κ2) is 10.0. The number of hydrogen-bond donors (Lipinski definition) is 0. The second-order valence-electron chi connectivity index (χ2n) is 11.2. The molecule has 0 atom stereocenters. The topological polar surface area (TPSA) is 44.9 Å². The van der Waals surface area contributed by atoms with Gasteiger partial charge in [0.15, 0.2) is 5.13 Å². The van der Waals surface area contributed by atoms with Crippen LogP contribution in [0.3, 0.4) is 0 Å². The molecule has 7 aromatic rings. The molecule has 0 saturated carbocycles. The van der Waals surface area contributed by atoms with Gasteiger partial charge in [0.1, 0.15) is 0 Å². The van der Waals surface area contributed by atoms with Gasteiger partial charge in [0.2, 0.25) is 0 Å². The summed E-state index contributed by atoms with van der Waals surface area (Å²) in [6.45, 7) is 8.83. The van der Waals surface area contributed by atoms with Gasteiger partial charge in [0.25, 0.3) is 0 Å². The number of imidazole rings is 1. The second-order valence-corrected chi connectivity index (χ2v) is 12.9. The van der Waals surface area contributed by atoms with E-state index < -0.39 is 0 Å². The molecule has 1 aliphatic rings. The first-order valence-electron chi connectivity index (χ1n) is 13.6. The molecule has 0 bridgehead atoms. The first-order chi connectivity index (χ1) is 19.9. The third-order valence-electron chi connectivity index (χ3n) is 7.92. The summed E-state index contributed by atoms with van der Waals surface area (Å²) in [5, 5.41) is 7.50. The van der Waals surface area contributed by atoms with Crippen molar-refractivity contribution in [2.45, 2.75) is 39.0 Å². The van der Waals surface area contributed by atoms with Crippen LogP contribution in [0.15, 0.2) is 71.4 Å². The summed E-state index contributed by atoms with van der Waals surface area (Å²) in [6, 6.07) is 27.6. The third kappa shape index (κ3) is 4.05. The average Bonchev–Trinajstić information content (AvgIpc) is 3.77. The van der Waals surface area contributed by atoms with Crippen LogP contribution in [-0.2, 0) is 26.5 Å². The minimum Gasteiger partial charge on any atom is -0.510 e. The van der Waals surface area contributed by atoms with Crippen LogP contribution in [0.4, 0.5) is 0 Å².